The predicted octanol–water partition coefficient (Wildman–Crippen LogP) is 2.90. The predicted molar refractivity (Wildman–Crippen MR) is 82.6 cm³/mol. The van der Waals surface area contributed by atoms with Gasteiger partial charge in [0.15, 0.2) is 0 Å². The van der Waals surface area contributed by atoms with E-state index < -0.39 is 0 Å². The van der Waals surface area contributed by atoms with Crippen molar-refractivity contribution in [3.05, 3.63) is 0 Å². The molecular formula is C16H34N2O. The maximum Gasteiger partial charge on any atom is 0.0489 e. The normalized spacial score (nSPS) is 20.7. The van der Waals surface area contributed by atoms with Crippen molar-refractivity contribution in [3.8, 4) is 0 Å². The molecule has 1 N–H and O–H groups in total. The molecule has 0 aliphatic carbocycles. The number of nitrogens with one attached hydrogen (secondary N) is 1. The van der Waals surface area contributed by atoms with Crippen LogP contribution in [0.15, 0.2) is 0 Å². The summed E-state index contributed by atoms with van der Waals surface area (Å²) in [6.45, 7) is 15.6. The third-order valence-electron chi connectivity index (χ3n) is 4.25. The molecule has 1 rings (SSSR count). The molecule has 0 atom stereocenters. The second-order valence-electron chi connectivity index (χ2n) is 6.37. The Balaban J connectivity index is 2.28. The van der Waals surface area contributed by atoms with Crippen LogP contribution in [0.25, 0.3) is 0 Å². The van der Waals surface area contributed by atoms with Crippen molar-refractivity contribution in [1.29, 1.82) is 0 Å². The Morgan fingerprint density at radius 2 is 2.00 bits per heavy atom. The lowest BCUT2D eigenvalue weighted by molar-refractivity contribution is 0.0960. The molecule has 1 aliphatic rings. The van der Waals surface area contributed by atoms with Crippen LogP contribution in [0.2, 0.25) is 0 Å². The average molecular weight is 270 g/mol. The van der Waals surface area contributed by atoms with E-state index in [1.807, 2.05) is 0 Å². The van der Waals surface area contributed by atoms with Gasteiger partial charge in [0.2, 0.25) is 0 Å². The molecule has 0 aromatic rings. The van der Waals surface area contributed by atoms with Gasteiger partial charge in [-0.3, -0.25) is 0 Å². The third kappa shape index (κ3) is 6.24. The Morgan fingerprint density at radius 3 is 2.63 bits per heavy atom. The van der Waals surface area contributed by atoms with Crippen LogP contribution in [-0.2, 0) is 4.74 Å². The van der Waals surface area contributed by atoms with Gasteiger partial charge in [-0.2, -0.15) is 0 Å². The standard InChI is InChI=1S/C16H34N2O/c1-5-16(6-2)14-18(10-7-9-17-16)11-8-12-19-13-15(3)4/h15,17H,5-14H2,1-4H3. The van der Waals surface area contributed by atoms with Crippen molar-refractivity contribution in [2.45, 2.75) is 58.9 Å². The molecule has 0 radical (unpaired) electrons. The molecule has 0 bridgehead atoms. The first-order chi connectivity index (χ1) is 9.12. The maximum absolute atomic E-state index is 5.68. The molecule has 0 amide bonds. The molecule has 1 aliphatic heterocycles. The van der Waals surface area contributed by atoms with Gasteiger partial charge in [-0.1, -0.05) is 27.7 Å². The molecule has 1 saturated heterocycles. The van der Waals surface area contributed by atoms with E-state index >= 15 is 0 Å². The van der Waals surface area contributed by atoms with Gasteiger partial charge >= 0.3 is 0 Å². The van der Waals surface area contributed by atoms with Crippen LogP contribution in [0.3, 0.4) is 0 Å². The van der Waals surface area contributed by atoms with Gasteiger partial charge in [0.1, 0.15) is 0 Å². The highest BCUT2D eigenvalue weighted by Crippen LogP contribution is 2.19. The minimum Gasteiger partial charge on any atom is -0.381 e. The minimum atomic E-state index is 0.343. The van der Waals surface area contributed by atoms with Gasteiger partial charge in [0.25, 0.3) is 0 Å². The third-order valence-corrected chi connectivity index (χ3v) is 4.25. The van der Waals surface area contributed by atoms with Crippen LogP contribution in [0.5, 0.6) is 0 Å². The second kappa shape index (κ2) is 8.93. The Bertz CT molecular complexity index is 227. The van der Waals surface area contributed by atoms with E-state index in [1.54, 1.807) is 0 Å². The van der Waals surface area contributed by atoms with E-state index in [2.05, 4.69) is 37.9 Å². The fourth-order valence-electron chi connectivity index (χ4n) is 2.84. The Kier molecular flexibility index (Phi) is 7.96. The van der Waals surface area contributed by atoms with Crippen LogP contribution < -0.4 is 5.32 Å². The summed E-state index contributed by atoms with van der Waals surface area (Å²) < 4.78 is 5.68. The summed E-state index contributed by atoms with van der Waals surface area (Å²) in [5, 5.41) is 3.77. The molecule has 19 heavy (non-hydrogen) atoms. The van der Waals surface area contributed by atoms with Crippen molar-refractivity contribution >= 4 is 0 Å². The number of ether oxygens (including phenoxy) is 1. The number of hydrogen-bond acceptors (Lipinski definition) is 3. The van der Waals surface area contributed by atoms with Crippen molar-refractivity contribution < 1.29 is 4.74 Å². The van der Waals surface area contributed by atoms with Gasteiger partial charge in [-0.05, 0) is 44.7 Å². The van der Waals surface area contributed by atoms with Gasteiger partial charge < -0.3 is 15.0 Å². The molecule has 0 saturated carbocycles. The van der Waals surface area contributed by atoms with E-state index in [4.69, 9.17) is 4.74 Å². The largest absolute Gasteiger partial charge is 0.381 e. The Labute approximate surface area is 120 Å². The highest BCUT2D eigenvalue weighted by atomic mass is 16.5. The summed E-state index contributed by atoms with van der Waals surface area (Å²) in [4.78, 5) is 2.63. The number of hydrogen-bond donors (Lipinski definition) is 1. The van der Waals surface area contributed by atoms with Crippen LogP contribution in [-0.4, -0.2) is 49.8 Å². The zero-order valence-corrected chi connectivity index (χ0v) is 13.5. The molecule has 3 nitrogen and oxygen atoms in total. The first-order valence-electron chi connectivity index (χ1n) is 8.17. The van der Waals surface area contributed by atoms with Gasteiger partial charge in [-0.15, -0.1) is 0 Å². The first-order valence-corrected chi connectivity index (χ1v) is 8.17. The lowest BCUT2D eigenvalue weighted by Gasteiger charge is -2.35. The van der Waals surface area contributed by atoms with Crippen LogP contribution in [0.4, 0.5) is 0 Å². The summed E-state index contributed by atoms with van der Waals surface area (Å²) in [7, 11) is 0. The SMILES string of the molecule is CCC1(CC)CN(CCCOCC(C)C)CCCN1. The Hall–Kier alpha value is -0.120. The number of nitrogens with zero attached hydrogens (tertiary/aromatic N) is 1. The lowest BCUT2D eigenvalue weighted by atomic mass is 9.92. The quantitative estimate of drug-likeness (QED) is 0.686. The molecular weight excluding hydrogens is 236 g/mol. The second-order valence-corrected chi connectivity index (χ2v) is 6.37. The van der Waals surface area contributed by atoms with Crippen LogP contribution >= 0.6 is 0 Å². The fourth-order valence-corrected chi connectivity index (χ4v) is 2.84. The lowest BCUT2D eigenvalue weighted by Crippen LogP contribution is -2.50. The minimum absolute atomic E-state index is 0.343. The molecule has 1 fully saturated rings. The highest BCUT2D eigenvalue weighted by molar-refractivity contribution is 4.90. The summed E-state index contributed by atoms with van der Waals surface area (Å²) in [5.41, 5.74) is 0.343. The van der Waals surface area contributed by atoms with E-state index in [0.717, 1.165) is 19.6 Å². The number of rotatable bonds is 8. The summed E-state index contributed by atoms with van der Waals surface area (Å²) in [6, 6.07) is 0. The van der Waals surface area contributed by atoms with Gasteiger partial charge in [0.05, 0.1) is 0 Å². The van der Waals surface area contributed by atoms with Crippen LogP contribution in [0, 0.1) is 5.92 Å². The topological polar surface area (TPSA) is 24.5 Å². The van der Waals surface area contributed by atoms with Gasteiger partial charge in [0, 0.05) is 31.8 Å². The smallest absolute Gasteiger partial charge is 0.0489 e. The zero-order chi connectivity index (χ0) is 14.1. The average Bonchev–Trinajstić information content (AvgIpc) is 2.61. The first kappa shape index (κ1) is 16.9. The van der Waals surface area contributed by atoms with Gasteiger partial charge in [-0.25, -0.2) is 0 Å². The van der Waals surface area contributed by atoms with Crippen molar-refractivity contribution in [2.24, 2.45) is 5.92 Å². The molecule has 0 aromatic carbocycles. The van der Waals surface area contributed by atoms with Crippen LogP contribution in [0.1, 0.15) is 53.4 Å². The van der Waals surface area contributed by atoms with Crippen molar-refractivity contribution in [2.75, 3.05) is 39.4 Å². The van der Waals surface area contributed by atoms with Crippen molar-refractivity contribution in [3.63, 3.8) is 0 Å². The zero-order valence-electron chi connectivity index (χ0n) is 13.5. The van der Waals surface area contributed by atoms with E-state index in [1.165, 1.54) is 45.4 Å². The molecule has 0 spiro atoms. The summed E-state index contributed by atoms with van der Waals surface area (Å²) in [5.74, 6) is 0.648. The highest BCUT2D eigenvalue weighted by Gasteiger charge is 2.29. The fraction of sp³-hybridized carbons (Fsp3) is 1.00. The molecule has 3 heteroatoms. The van der Waals surface area contributed by atoms with E-state index in [-0.39, 0.29) is 0 Å². The summed E-state index contributed by atoms with van der Waals surface area (Å²) >= 11 is 0. The van der Waals surface area contributed by atoms with E-state index in [9.17, 15) is 0 Å². The maximum atomic E-state index is 5.68. The van der Waals surface area contributed by atoms with Crippen molar-refractivity contribution in [1.82, 2.24) is 10.2 Å². The molecule has 1 heterocycles. The Morgan fingerprint density at radius 1 is 1.26 bits per heavy atom. The monoisotopic (exact) mass is 270 g/mol. The van der Waals surface area contributed by atoms with E-state index in [0.29, 0.717) is 11.5 Å². The molecule has 114 valence electrons. The summed E-state index contributed by atoms with van der Waals surface area (Å²) in [6.07, 6.45) is 4.89. The molecule has 0 unspecified atom stereocenters. The molecule has 0 aromatic heterocycles.